The summed E-state index contributed by atoms with van der Waals surface area (Å²) in [6.45, 7) is 5.65. The van der Waals surface area contributed by atoms with Crippen molar-refractivity contribution in [1.82, 2.24) is 4.90 Å². The molecule has 0 saturated heterocycles. The van der Waals surface area contributed by atoms with Crippen LogP contribution in [0.1, 0.15) is 40.0 Å². The van der Waals surface area contributed by atoms with E-state index in [9.17, 15) is 18.0 Å². The molecule has 0 amide bonds. The number of carbonyl (C=O) groups is 1. The zero-order valence-electron chi connectivity index (χ0n) is 12.2. The van der Waals surface area contributed by atoms with Gasteiger partial charge in [-0.15, -0.1) is 0 Å². The van der Waals surface area contributed by atoms with E-state index in [4.69, 9.17) is 0 Å². The standard InChI is InChI=1S/C14H24F3NO/c1-13(2,3)11-5-6-12(19)10(7-11)8-18(4)9-14(15,16)17/h10-11H,5-9H2,1-4H3. The number of ketones is 1. The number of nitrogens with zero attached hydrogens (tertiary/aromatic N) is 1. The van der Waals surface area contributed by atoms with Crippen LogP contribution in [0.5, 0.6) is 0 Å². The molecule has 19 heavy (non-hydrogen) atoms. The lowest BCUT2D eigenvalue weighted by atomic mass is 9.68. The molecule has 0 aliphatic heterocycles. The van der Waals surface area contributed by atoms with E-state index < -0.39 is 12.7 Å². The molecule has 1 fully saturated rings. The van der Waals surface area contributed by atoms with E-state index in [2.05, 4.69) is 20.8 Å². The lowest BCUT2D eigenvalue weighted by Crippen LogP contribution is -2.40. The normalized spacial score (nSPS) is 26.0. The van der Waals surface area contributed by atoms with Crippen LogP contribution in [0.3, 0.4) is 0 Å². The molecule has 0 radical (unpaired) electrons. The summed E-state index contributed by atoms with van der Waals surface area (Å²) in [7, 11) is 1.43. The zero-order chi connectivity index (χ0) is 14.8. The van der Waals surface area contributed by atoms with E-state index in [1.165, 1.54) is 11.9 Å². The maximum Gasteiger partial charge on any atom is 0.401 e. The summed E-state index contributed by atoms with van der Waals surface area (Å²) in [5, 5.41) is 0. The lowest BCUT2D eigenvalue weighted by molar-refractivity contribution is -0.147. The summed E-state index contributed by atoms with van der Waals surface area (Å²) in [4.78, 5) is 13.1. The van der Waals surface area contributed by atoms with Crippen LogP contribution < -0.4 is 0 Å². The zero-order valence-corrected chi connectivity index (χ0v) is 12.2. The quantitative estimate of drug-likeness (QED) is 0.788. The summed E-state index contributed by atoms with van der Waals surface area (Å²) < 4.78 is 36.9. The minimum Gasteiger partial charge on any atom is -0.299 e. The van der Waals surface area contributed by atoms with Crippen molar-refractivity contribution in [3.05, 3.63) is 0 Å². The molecule has 2 atom stereocenters. The second kappa shape index (κ2) is 5.81. The predicted molar refractivity (Wildman–Crippen MR) is 68.8 cm³/mol. The van der Waals surface area contributed by atoms with Crippen molar-refractivity contribution in [2.75, 3.05) is 20.1 Å². The van der Waals surface area contributed by atoms with Crippen LogP contribution >= 0.6 is 0 Å². The van der Waals surface area contributed by atoms with Gasteiger partial charge in [0.2, 0.25) is 0 Å². The molecule has 0 bridgehead atoms. The largest absolute Gasteiger partial charge is 0.401 e. The Balaban J connectivity index is 2.58. The van der Waals surface area contributed by atoms with E-state index in [-0.39, 0.29) is 23.7 Å². The van der Waals surface area contributed by atoms with Crippen molar-refractivity contribution in [3.63, 3.8) is 0 Å². The van der Waals surface area contributed by atoms with Crippen LogP contribution in [0.25, 0.3) is 0 Å². The van der Waals surface area contributed by atoms with Crippen LogP contribution in [-0.4, -0.2) is 37.0 Å². The highest BCUT2D eigenvalue weighted by molar-refractivity contribution is 5.82. The maximum absolute atomic E-state index is 12.3. The highest BCUT2D eigenvalue weighted by atomic mass is 19.4. The van der Waals surface area contributed by atoms with Gasteiger partial charge in [-0.05, 0) is 31.2 Å². The SMILES string of the molecule is CN(CC1CC(C(C)(C)C)CCC1=O)CC(F)(F)F. The molecule has 1 aliphatic rings. The van der Waals surface area contributed by atoms with Crippen LogP contribution in [0, 0.1) is 17.3 Å². The minimum absolute atomic E-state index is 0.113. The number of Topliss-reactive ketones (excluding diaryl/α,β-unsaturated/α-hetero) is 1. The third-order valence-electron chi connectivity index (χ3n) is 3.97. The Kier molecular flexibility index (Phi) is 5.04. The van der Waals surface area contributed by atoms with Crippen LogP contribution in [0.4, 0.5) is 13.2 Å². The first-order valence-electron chi connectivity index (χ1n) is 6.77. The van der Waals surface area contributed by atoms with Gasteiger partial charge in [0, 0.05) is 18.9 Å². The highest BCUT2D eigenvalue weighted by Crippen LogP contribution is 2.39. The van der Waals surface area contributed by atoms with E-state index in [0.717, 1.165) is 6.42 Å². The number of alkyl halides is 3. The first kappa shape index (κ1) is 16.5. The number of carbonyl (C=O) groups excluding carboxylic acids is 1. The topological polar surface area (TPSA) is 20.3 Å². The van der Waals surface area contributed by atoms with Crippen molar-refractivity contribution in [2.45, 2.75) is 46.2 Å². The molecule has 1 rings (SSSR count). The van der Waals surface area contributed by atoms with Crippen LogP contribution in [0.2, 0.25) is 0 Å². The number of hydrogen-bond acceptors (Lipinski definition) is 2. The monoisotopic (exact) mass is 279 g/mol. The molecule has 0 spiro atoms. The van der Waals surface area contributed by atoms with E-state index in [1.807, 2.05) is 0 Å². The molecule has 0 aromatic carbocycles. The van der Waals surface area contributed by atoms with Crippen molar-refractivity contribution in [2.24, 2.45) is 17.3 Å². The second-order valence-corrected chi connectivity index (χ2v) is 6.81. The number of rotatable bonds is 3. The minimum atomic E-state index is -4.20. The summed E-state index contributed by atoms with van der Waals surface area (Å²) in [6, 6.07) is 0. The molecular weight excluding hydrogens is 255 g/mol. The summed E-state index contributed by atoms with van der Waals surface area (Å²) in [5.41, 5.74) is 0.113. The fourth-order valence-electron chi connectivity index (χ4n) is 2.82. The molecule has 5 heteroatoms. The molecule has 1 aliphatic carbocycles. The first-order valence-corrected chi connectivity index (χ1v) is 6.77. The lowest BCUT2D eigenvalue weighted by Gasteiger charge is -2.38. The van der Waals surface area contributed by atoms with E-state index in [0.29, 0.717) is 18.8 Å². The second-order valence-electron chi connectivity index (χ2n) is 6.81. The van der Waals surface area contributed by atoms with Gasteiger partial charge < -0.3 is 0 Å². The van der Waals surface area contributed by atoms with Gasteiger partial charge >= 0.3 is 6.18 Å². The van der Waals surface area contributed by atoms with Gasteiger partial charge in [-0.3, -0.25) is 9.69 Å². The average Bonchev–Trinajstić information content (AvgIpc) is 2.16. The van der Waals surface area contributed by atoms with Crippen molar-refractivity contribution in [3.8, 4) is 0 Å². The number of hydrogen-bond donors (Lipinski definition) is 0. The molecule has 0 aromatic heterocycles. The molecule has 2 unspecified atom stereocenters. The van der Waals surface area contributed by atoms with Gasteiger partial charge in [-0.25, -0.2) is 0 Å². The average molecular weight is 279 g/mol. The Hall–Kier alpha value is -0.580. The predicted octanol–water partition coefficient (Wildman–Crippen LogP) is 3.51. The molecule has 1 saturated carbocycles. The Bertz CT molecular complexity index is 320. The fraction of sp³-hybridized carbons (Fsp3) is 0.929. The molecule has 0 heterocycles. The smallest absolute Gasteiger partial charge is 0.299 e. The highest BCUT2D eigenvalue weighted by Gasteiger charge is 2.36. The third kappa shape index (κ3) is 5.51. The molecular formula is C14H24F3NO. The van der Waals surface area contributed by atoms with Crippen LogP contribution in [-0.2, 0) is 4.79 Å². The van der Waals surface area contributed by atoms with E-state index in [1.54, 1.807) is 0 Å². The molecule has 0 aromatic rings. The maximum atomic E-state index is 12.3. The van der Waals surface area contributed by atoms with Gasteiger partial charge in [-0.1, -0.05) is 20.8 Å². The fourth-order valence-corrected chi connectivity index (χ4v) is 2.82. The molecule has 112 valence electrons. The summed E-state index contributed by atoms with van der Waals surface area (Å²) >= 11 is 0. The molecule has 2 nitrogen and oxygen atoms in total. The first-order chi connectivity index (χ1) is 8.49. The van der Waals surface area contributed by atoms with E-state index >= 15 is 0 Å². The van der Waals surface area contributed by atoms with Gasteiger partial charge in [-0.2, -0.15) is 13.2 Å². The van der Waals surface area contributed by atoms with Gasteiger partial charge in [0.05, 0.1) is 6.54 Å². The number of halogens is 3. The van der Waals surface area contributed by atoms with Crippen molar-refractivity contribution < 1.29 is 18.0 Å². The Morgan fingerprint density at radius 2 is 1.84 bits per heavy atom. The van der Waals surface area contributed by atoms with Gasteiger partial charge in [0.1, 0.15) is 5.78 Å². The van der Waals surface area contributed by atoms with Crippen molar-refractivity contribution in [1.29, 1.82) is 0 Å². The summed E-state index contributed by atoms with van der Waals surface area (Å²) in [5.74, 6) is 0.286. The molecule has 0 N–H and O–H groups in total. The third-order valence-corrected chi connectivity index (χ3v) is 3.97. The Labute approximate surface area is 113 Å². The van der Waals surface area contributed by atoms with Gasteiger partial charge in [0.25, 0.3) is 0 Å². The van der Waals surface area contributed by atoms with Crippen LogP contribution in [0.15, 0.2) is 0 Å². The van der Waals surface area contributed by atoms with Crippen molar-refractivity contribution >= 4 is 5.78 Å². The Morgan fingerprint density at radius 1 is 1.26 bits per heavy atom. The Morgan fingerprint density at radius 3 is 2.32 bits per heavy atom. The summed E-state index contributed by atoms with van der Waals surface area (Å²) in [6.07, 6.45) is -2.12. The van der Waals surface area contributed by atoms with Gasteiger partial charge in [0.15, 0.2) is 0 Å².